The lowest BCUT2D eigenvalue weighted by Gasteiger charge is -2.34. The molecule has 0 saturated carbocycles. The summed E-state index contributed by atoms with van der Waals surface area (Å²) in [7, 11) is 1.82. The van der Waals surface area contributed by atoms with Crippen LogP contribution in [0.5, 0.6) is 0 Å². The molecule has 168 valence electrons. The first kappa shape index (κ1) is 22.9. The first-order valence-corrected chi connectivity index (χ1v) is 11.1. The number of likely N-dealkylation sites (tertiary alicyclic amines) is 1. The van der Waals surface area contributed by atoms with Gasteiger partial charge in [-0.2, -0.15) is 0 Å². The number of hydrogen-bond acceptors (Lipinski definition) is 3. The first-order valence-electron chi connectivity index (χ1n) is 11.1. The van der Waals surface area contributed by atoms with E-state index in [-0.39, 0.29) is 18.0 Å². The van der Waals surface area contributed by atoms with Crippen LogP contribution in [0.2, 0.25) is 0 Å². The largest absolute Gasteiger partial charge is 0.444 e. The van der Waals surface area contributed by atoms with Crippen LogP contribution < -0.4 is 4.90 Å². The van der Waals surface area contributed by atoms with E-state index < -0.39 is 5.60 Å². The summed E-state index contributed by atoms with van der Waals surface area (Å²) in [5.41, 5.74) is 2.28. The van der Waals surface area contributed by atoms with Crippen LogP contribution in [-0.2, 0) is 4.74 Å². The van der Waals surface area contributed by atoms with Gasteiger partial charge in [-0.25, -0.2) is 4.79 Å². The molecule has 31 heavy (non-hydrogen) atoms. The zero-order chi connectivity index (χ0) is 22.8. The van der Waals surface area contributed by atoms with Gasteiger partial charge in [-0.3, -0.25) is 4.79 Å². The number of amides is 2. The molecule has 0 radical (unpaired) electrons. The number of ether oxygens (including phenoxy) is 1. The van der Waals surface area contributed by atoms with Gasteiger partial charge in [0.2, 0.25) is 0 Å². The van der Waals surface area contributed by atoms with Crippen LogP contribution in [0.1, 0.15) is 75.5 Å². The molecule has 6 nitrogen and oxygen atoms in total. The van der Waals surface area contributed by atoms with Crippen LogP contribution in [-0.4, -0.2) is 47.2 Å². The van der Waals surface area contributed by atoms with Crippen LogP contribution >= 0.6 is 0 Å². The maximum atomic E-state index is 13.3. The van der Waals surface area contributed by atoms with Gasteiger partial charge >= 0.3 is 6.09 Å². The number of aromatic nitrogens is 1. The molecule has 1 aromatic carbocycles. The van der Waals surface area contributed by atoms with Crippen LogP contribution in [0.3, 0.4) is 0 Å². The van der Waals surface area contributed by atoms with Gasteiger partial charge in [0.25, 0.3) is 5.91 Å². The molecule has 0 spiro atoms. The highest BCUT2D eigenvalue weighted by Gasteiger charge is 2.29. The maximum Gasteiger partial charge on any atom is 0.410 e. The minimum Gasteiger partial charge on any atom is -0.444 e. The number of hydrogen-bond donors (Lipinski definition) is 0. The van der Waals surface area contributed by atoms with Crippen molar-refractivity contribution in [2.45, 2.75) is 65.0 Å². The Morgan fingerprint density at radius 3 is 2.39 bits per heavy atom. The molecule has 2 amide bonds. The number of carbonyl (C=O) groups is 2. The van der Waals surface area contributed by atoms with Crippen LogP contribution in [0.25, 0.3) is 0 Å². The van der Waals surface area contributed by atoms with E-state index in [1.165, 1.54) is 5.56 Å². The lowest BCUT2D eigenvalue weighted by atomic mass is 10.0. The second kappa shape index (κ2) is 9.16. The molecule has 0 unspecified atom stereocenters. The molecule has 1 aliphatic heterocycles. The van der Waals surface area contributed by atoms with E-state index >= 15 is 0 Å². The van der Waals surface area contributed by atoms with Crippen molar-refractivity contribution < 1.29 is 14.3 Å². The summed E-state index contributed by atoms with van der Waals surface area (Å²) in [4.78, 5) is 29.1. The molecule has 2 aromatic rings. The summed E-state index contributed by atoms with van der Waals surface area (Å²) in [6.45, 7) is 11.2. The quantitative estimate of drug-likeness (QED) is 0.654. The van der Waals surface area contributed by atoms with E-state index in [0.717, 1.165) is 18.5 Å². The standard InChI is InChI=1S/C25H35N3O3/c1-18(2)19-9-7-10-21(17-19)26(6)23(29)22-11-8-14-28(22)20-12-15-27(16-13-20)24(30)31-25(3,4)5/h7-11,14,17-18,20H,12-13,15-16H2,1-6H3. The molecule has 1 fully saturated rings. The second-order valence-corrected chi connectivity index (χ2v) is 9.61. The van der Waals surface area contributed by atoms with E-state index in [2.05, 4.69) is 30.5 Å². The normalized spacial score (nSPS) is 15.3. The number of anilines is 1. The Kier molecular flexibility index (Phi) is 6.77. The lowest BCUT2D eigenvalue weighted by molar-refractivity contribution is 0.0187. The molecule has 6 heteroatoms. The summed E-state index contributed by atoms with van der Waals surface area (Å²) in [6.07, 6.45) is 3.29. The predicted octanol–water partition coefficient (Wildman–Crippen LogP) is 5.46. The van der Waals surface area contributed by atoms with Crippen molar-refractivity contribution in [1.82, 2.24) is 9.47 Å². The van der Waals surface area contributed by atoms with E-state index in [4.69, 9.17) is 4.74 Å². The highest BCUT2D eigenvalue weighted by Crippen LogP contribution is 2.27. The van der Waals surface area contributed by atoms with E-state index in [1.807, 2.05) is 58.3 Å². The van der Waals surface area contributed by atoms with Gasteiger partial charge in [-0.05, 0) is 69.4 Å². The Bertz CT molecular complexity index is 918. The average molecular weight is 426 g/mol. The number of piperidine rings is 1. The average Bonchev–Trinajstić information content (AvgIpc) is 3.21. The zero-order valence-corrected chi connectivity index (χ0v) is 19.6. The van der Waals surface area contributed by atoms with E-state index in [9.17, 15) is 9.59 Å². The second-order valence-electron chi connectivity index (χ2n) is 9.61. The molecule has 0 N–H and O–H groups in total. The molecule has 2 heterocycles. The fraction of sp³-hybridized carbons (Fsp3) is 0.520. The minimum absolute atomic E-state index is 0.0273. The molecule has 1 aromatic heterocycles. The van der Waals surface area contributed by atoms with Crippen LogP contribution in [0, 0.1) is 0 Å². The SMILES string of the molecule is CC(C)c1cccc(N(C)C(=O)c2cccn2C2CCN(C(=O)OC(C)(C)C)CC2)c1. The Labute approximate surface area is 185 Å². The summed E-state index contributed by atoms with van der Waals surface area (Å²) < 4.78 is 7.56. The molecule has 1 saturated heterocycles. The zero-order valence-electron chi connectivity index (χ0n) is 19.6. The van der Waals surface area contributed by atoms with Gasteiger partial charge in [-0.15, -0.1) is 0 Å². The van der Waals surface area contributed by atoms with Gasteiger partial charge in [-0.1, -0.05) is 26.0 Å². The van der Waals surface area contributed by atoms with E-state index in [0.29, 0.717) is 24.7 Å². The van der Waals surface area contributed by atoms with E-state index in [1.54, 1.807) is 9.80 Å². The number of carbonyl (C=O) groups excluding carboxylic acids is 2. The predicted molar refractivity (Wildman–Crippen MR) is 124 cm³/mol. The third-order valence-electron chi connectivity index (χ3n) is 5.74. The topological polar surface area (TPSA) is 54.8 Å². The van der Waals surface area contributed by atoms with Crippen LogP contribution in [0.4, 0.5) is 10.5 Å². The maximum absolute atomic E-state index is 13.3. The first-order chi connectivity index (χ1) is 14.6. The van der Waals surface area contributed by atoms with Gasteiger partial charge in [0, 0.05) is 38.1 Å². The highest BCUT2D eigenvalue weighted by molar-refractivity contribution is 6.04. The molecular formula is C25H35N3O3. The summed E-state index contributed by atoms with van der Waals surface area (Å²) >= 11 is 0. The summed E-state index contributed by atoms with van der Waals surface area (Å²) in [6, 6.07) is 12.1. The highest BCUT2D eigenvalue weighted by atomic mass is 16.6. The molecule has 1 aliphatic rings. The lowest BCUT2D eigenvalue weighted by Crippen LogP contribution is -2.42. The van der Waals surface area contributed by atoms with Crippen molar-refractivity contribution >= 4 is 17.7 Å². The van der Waals surface area contributed by atoms with Crippen molar-refractivity contribution in [2.24, 2.45) is 0 Å². The van der Waals surface area contributed by atoms with Crippen molar-refractivity contribution in [3.63, 3.8) is 0 Å². The third-order valence-corrected chi connectivity index (χ3v) is 5.74. The molecular weight excluding hydrogens is 390 g/mol. The Morgan fingerprint density at radius 2 is 1.77 bits per heavy atom. The fourth-order valence-corrected chi connectivity index (χ4v) is 3.93. The van der Waals surface area contributed by atoms with Crippen molar-refractivity contribution in [3.8, 4) is 0 Å². The fourth-order valence-electron chi connectivity index (χ4n) is 3.93. The third kappa shape index (κ3) is 5.49. The molecule has 0 aliphatic carbocycles. The summed E-state index contributed by atoms with van der Waals surface area (Å²) in [5.74, 6) is 0.378. The Morgan fingerprint density at radius 1 is 1.10 bits per heavy atom. The summed E-state index contributed by atoms with van der Waals surface area (Å²) in [5, 5.41) is 0. The molecule has 3 rings (SSSR count). The molecule has 0 bridgehead atoms. The van der Waals surface area contributed by atoms with Crippen molar-refractivity contribution in [3.05, 3.63) is 53.9 Å². The van der Waals surface area contributed by atoms with Crippen LogP contribution in [0.15, 0.2) is 42.6 Å². The monoisotopic (exact) mass is 425 g/mol. The minimum atomic E-state index is -0.495. The smallest absolute Gasteiger partial charge is 0.410 e. The van der Waals surface area contributed by atoms with Gasteiger partial charge in [0.05, 0.1) is 0 Å². The Hall–Kier alpha value is -2.76. The number of nitrogens with zero attached hydrogens (tertiary/aromatic N) is 3. The van der Waals surface area contributed by atoms with Gasteiger partial charge in [0.1, 0.15) is 11.3 Å². The van der Waals surface area contributed by atoms with Gasteiger partial charge < -0.3 is 19.1 Å². The van der Waals surface area contributed by atoms with Crippen molar-refractivity contribution in [2.75, 3.05) is 25.0 Å². The van der Waals surface area contributed by atoms with Crippen molar-refractivity contribution in [1.29, 1.82) is 0 Å². The number of benzene rings is 1. The Balaban J connectivity index is 1.69. The number of rotatable bonds is 4. The molecule has 0 atom stereocenters. The van der Waals surface area contributed by atoms with Gasteiger partial charge in [0.15, 0.2) is 0 Å².